The highest BCUT2D eigenvalue weighted by Gasteiger charge is 2.26. The van der Waals surface area contributed by atoms with E-state index in [1.54, 1.807) is 30.0 Å². The molecule has 0 aliphatic carbocycles. The Bertz CT molecular complexity index is 1180. The highest BCUT2D eigenvalue weighted by molar-refractivity contribution is 7.93. The lowest BCUT2D eigenvalue weighted by Crippen LogP contribution is -2.35. The minimum Gasteiger partial charge on any atom is -0.411 e. The molecule has 1 aliphatic rings. The van der Waals surface area contributed by atoms with Crippen molar-refractivity contribution in [3.8, 4) is 10.8 Å². The second-order valence-electron chi connectivity index (χ2n) is 6.91. The van der Waals surface area contributed by atoms with Gasteiger partial charge in [0.05, 0.1) is 10.6 Å². The van der Waals surface area contributed by atoms with Gasteiger partial charge in [0.15, 0.2) is 0 Å². The van der Waals surface area contributed by atoms with Crippen LogP contribution in [-0.4, -0.2) is 42.5 Å². The number of thiophene rings is 1. The number of hydrogen-bond acceptors (Lipinski definition) is 7. The Hall–Kier alpha value is -2.43. The monoisotopic (exact) mass is 466 g/mol. The third-order valence-electron chi connectivity index (χ3n) is 4.70. The van der Waals surface area contributed by atoms with Gasteiger partial charge >= 0.3 is 11.8 Å². The molecule has 3 aromatic rings. The predicted octanol–water partition coefficient (Wildman–Crippen LogP) is 4.19. The number of nitrogens with zero attached hydrogens (tertiary/aromatic N) is 3. The third kappa shape index (κ3) is 4.35. The van der Waals surface area contributed by atoms with E-state index < -0.39 is 10.0 Å². The lowest BCUT2D eigenvalue weighted by molar-refractivity contribution is 0.0684. The van der Waals surface area contributed by atoms with Gasteiger partial charge in [0.2, 0.25) is 0 Å². The zero-order valence-electron chi connectivity index (χ0n) is 16.1. The largest absolute Gasteiger partial charge is 0.411 e. The predicted molar refractivity (Wildman–Crippen MR) is 114 cm³/mol. The molecule has 30 heavy (non-hydrogen) atoms. The molecule has 0 radical (unpaired) electrons. The fourth-order valence-electron chi connectivity index (χ4n) is 3.24. The molecule has 0 atom stereocenters. The van der Waals surface area contributed by atoms with Gasteiger partial charge in [-0.3, -0.25) is 9.52 Å². The summed E-state index contributed by atoms with van der Waals surface area (Å²) in [6.45, 7) is 3.04. The molecule has 0 saturated carbocycles. The molecule has 1 saturated heterocycles. The van der Waals surface area contributed by atoms with E-state index in [0.29, 0.717) is 33.6 Å². The first-order valence-corrected chi connectivity index (χ1v) is 12.0. The maximum absolute atomic E-state index is 12.8. The number of carbonyl (C=O) groups excluding carboxylic acids is 1. The number of sulfonamides is 1. The molecule has 1 amide bonds. The molecular formula is C19H19ClN4O4S2. The Labute approximate surface area is 182 Å². The maximum Gasteiger partial charge on any atom is 0.311 e. The summed E-state index contributed by atoms with van der Waals surface area (Å²) in [4.78, 5) is 15.4. The quantitative estimate of drug-likeness (QED) is 0.604. The van der Waals surface area contributed by atoms with Gasteiger partial charge in [-0.1, -0.05) is 17.7 Å². The molecule has 1 aromatic carbocycles. The van der Waals surface area contributed by atoms with Crippen LogP contribution in [0.1, 0.15) is 34.8 Å². The Morgan fingerprint density at radius 1 is 1.20 bits per heavy atom. The summed E-state index contributed by atoms with van der Waals surface area (Å²) in [5.41, 5.74) is 0.363. The van der Waals surface area contributed by atoms with Crippen molar-refractivity contribution in [2.75, 3.05) is 17.8 Å². The molecule has 0 bridgehead atoms. The molecule has 1 aliphatic heterocycles. The molecule has 0 unspecified atom stereocenters. The number of benzene rings is 1. The third-order valence-corrected chi connectivity index (χ3v) is 7.61. The first-order chi connectivity index (χ1) is 14.3. The van der Waals surface area contributed by atoms with E-state index in [0.717, 1.165) is 19.3 Å². The van der Waals surface area contributed by atoms with Gasteiger partial charge in [-0.15, -0.1) is 21.5 Å². The van der Waals surface area contributed by atoms with E-state index in [4.69, 9.17) is 16.0 Å². The molecule has 11 heteroatoms. The topological polar surface area (TPSA) is 105 Å². The van der Waals surface area contributed by atoms with Crippen LogP contribution in [0, 0.1) is 6.92 Å². The summed E-state index contributed by atoms with van der Waals surface area (Å²) in [6.07, 6.45) is 3.02. The number of rotatable bonds is 5. The van der Waals surface area contributed by atoms with Crippen LogP contribution in [0.5, 0.6) is 0 Å². The summed E-state index contributed by atoms with van der Waals surface area (Å²) in [7, 11) is -3.84. The molecule has 8 nitrogen and oxygen atoms in total. The minimum atomic E-state index is -3.84. The van der Waals surface area contributed by atoms with Crippen molar-refractivity contribution in [2.24, 2.45) is 0 Å². The zero-order chi connectivity index (χ0) is 21.3. The maximum atomic E-state index is 12.8. The number of nitrogens with one attached hydrogen (secondary N) is 1. The molecule has 3 heterocycles. The van der Waals surface area contributed by atoms with Crippen molar-refractivity contribution in [1.82, 2.24) is 15.1 Å². The first-order valence-electron chi connectivity index (χ1n) is 9.35. The lowest BCUT2D eigenvalue weighted by atomic mass is 10.1. The summed E-state index contributed by atoms with van der Waals surface area (Å²) in [5.74, 6) is -0.260. The Morgan fingerprint density at radius 2 is 1.97 bits per heavy atom. The van der Waals surface area contributed by atoms with Crippen molar-refractivity contribution in [3.63, 3.8) is 0 Å². The number of piperidine rings is 1. The summed E-state index contributed by atoms with van der Waals surface area (Å²) < 4.78 is 33.7. The molecule has 1 N–H and O–H groups in total. The van der Waals surface area contributed by atoms with E-state index in [-0.39, 0.29) is 22.6 Å². The van der Waals surface area contributed by atoms with Crippen LogP contribution in [0.25, 0.3) is 10.8 Å². The fraction of sp³-hybridized carbons (Fsp3) is 0.316. The number of aromatic nitrogens is 2. The van der Waals surface area contributed by atoms with Gasteiger partial charge in [-0.25, -0.2) is 8.42 Å². The number of carbonyl (C=O) groups is 1. The van der Waals surface area contributed by atoms with Crippen molar-refractivity contribution >= 4 is 44.6 Å². The molecule has 2 aromatic heterocycles. The number of amides is 1. The molecule has 0 spiro atoms. The number of aryl methyl sites for hydroxylation is 1. The number of halogens is 1. The second kappa shape index (κ2) is 8.37. The van der Waals surface area contributed by atoms with Crippen LogP contribution in [0.3, 0.4) is 0 Å². The molecule has 158 valence electrons. The second-order valence-corrected chi connectivity index (χ2v) is 10.3. The summed E-state index contributed by atoms with van der Waals surface area (Å²) >= 11 is 7.13. The standard InChI is InChI=1S/C19H19ClN4O4S2/c1-12-16(30(26,27)23-14-7-5-6-13(20)10-14)11-15(29-12)17-21-22-18(28-17)19(25)24-8-3-2-4-9-24/h5-7,10-11,23H,2-4,8-9H2,1H3. The van der Waals surface area contributed by atoms with Gasteiger partial charge in [-0.05, 0) is 50.5 Å². The zero-order valence-corrected chi connectivity index (χ0v) is 18.5. The number of likely N-dealkylation sites (tertiary alicyclic amines) is 1. The Morgan fingerprint density at radius 3 is 2.70 bits per heavy atom. The van der Waals surface area contributed by atoms with Crippen LogP contribution >= 0.6 is 22.9 Å². The minimum absolute atomic E-state index is 0.0839. The van der Waals surface area contributed by atoms with Gasteiger partial charge in [-0.2, -0.15) is 0 Å². The van der Waals surface area contributed by atoms with Crippen molar-refractivity contribution < 1.29 is 17.6 Å². The average Bonchev–Trinajstić information content (AvgIpc) is 3.35. The van der Waals surface area contributed by atoms with Crippen molar-refractivity contribution in [1.29, 1.82) is 0 Å². The Balaban J connectivity index is 1.57. The van der Waals surface area contributed by atoms with Crippen LogP contribution in [0.2, 0.25) is 5.02 Å². The van der Waals surface area contributed by atoms with Crippen LogP contribution in [0.15, 0.2) is 39.6 Å². The van der Waals surface area contributed by atoms with E-state index in [9.17, 15) is 13.2 Å². The normalized spacial score (nSPS) is 14.7. The van der Waals surface area contributed by atoms with Gasteiger partial charge in [0.1, 0.15) is 4.90 Å². The fourth-order valence-corrected chi connectivity index (χ4v) is 5.99. The summed E-state index contributed by atoms with van der Waals surface area (Å²) in [5, 5.41) is 8.24. The van der Waals surface area contributed by atoms with Crippen LogP contribution in [-0.2, 0) is 10.0 Å². The molecule has 1 fully saturated rings. The number of anilines is 1. The Kier molecular flexibility index (Phi) is 5.81. The SMILES string of the molecule is Cc1sc(-c2nnc(C(=O)N3CCCCC3)o2)cc1S(=O)(=O)Nc1cccc(Cl)c1. The average molecular weight is 467 g/mol. The van der Waals surface area contributed by atoms with Gasteiger partial charge in [0, 0.05) is 23.0 Å². The van der Waals surface area contributed by atoms with Crippen molar-refractivity contribution in [3.05, 3.63) is 46.1 Å². The van der Waals surface area contributed by atoms with Gasteiger partial charge < -0.3 is 9.32 Å². The first kappa shape index (κ1) is 20.8. The van der Waals surface area contributed by atoms with E-state index >= 15 is 0 Å². The molecule has 4 rings (SSSR count). The lowest BCUT2D eigenvalue weighted by Gasteiger charge is -2.24. The van der Waals surface area contributed by atoms with Gasteiger partial charge in [0.25, 0.3) is 15.9 Å². The number of hydrogen-bond donors (Lipinski definition) is 1. The smallest absolute Gasteiger partial charge is 0.311 e. The van der Waals surface area contributed by atoms with Crippen LogP contribution in [0.4, 0.5) is 5.69 Å². The van der Waals surface area contributed by atoms with E-state index in [1.807, 2.05) is 0 Å². The van der Waals surface area contributed by atoms with E-state index in [1.165, 1.54) is 23.5 Å². The van der Waals surface area contributed by atoms with Crippen LogP contribution < -0.4 is 4.72 Å². The summed E-state index contributed by atoms with van der Waals surface area (Å²) in [6, 6.07) is 7.92. The highest BCUT2D eigenvalue weighted by atomic mass is 35.5. The highest BCUT2D eigenvalue weighted by Crippen LogP contribution is 2.34. The molecular weight excluding hydrogens is 448 g/mol. The van der Waals surface area contributed by atoms with Crippen molar-refractivity contribution in [2.45, 2.75) is 31.1 Å². The van der Waals surface area contributed by atoms with E-state index in [2.05, 4.69) is 14.9 Å².